The van der Waals surface area contributed by atoms with Crippen molar-refractivity contribution < 1.29 is 0 Å². The second kappa shape index (κ2) is 23.9. The highest BCUT2D eigenvalue weighted by atomic mass is 15.5. The Balaban J connectivity index is 0.000000145. The summed E-state index contributed by atoms with van der Waals surface area (Å²) in [5.74, 6) is 0. The Bertz CT molecular complexity index is 3480. The normalized spacial score (nSPS) is 12.3. The summed E-state index contributed by atoms with van der Waals surface area (Å²) in [7, 11) is 0. The summed E-state index contributed by atoms with van der Waals surface area (Å²) < 4.78 is 10.1. The van der Waals surface area contributed by atoms with E-state index in [1.807, 2.05) is 60.0 Å². The summed E-state index contributed by atoms with van der Waals surface area (Å²) in [5.41, 5.74) is 19.6. The van der Waals surface area contributed by atoms with Gasteiger partial charge >= 0.3 is 0 Å². The van der Waals surface area contributed by atoms with Crippen molar-refractivity contribution in [2.24, 2.45) is 0 Å². The van der Waals surface area contributed by atoms with Crippen LogP contribution in [0.4, 0.5) is 0 Å². The van der Waals surface area contributed by atoms with Crippen molar-refractivity contribution in [3.05, 3.63) is 142 Å². The number of rotatable bonds is 0. The van der Waals surface area contributed by atoms with E-state index in [2.05, 4.69) is 216 Å². The maximum absolute atomic E-state index is 4.39. The Labute approximate surface area is 491 Å². The lowest BCUT2D eigenvalue weighted by atomic mass is 9.86. The van der Waals surface area contributed by atoms with Crippen LogP contribution in [0.25, 0.3) is 33.5 Å². The van der Waals surface area contributed by atoms with Gasteiger partial charge < -0.3 is 0 Å². The van der Waals surface area contributed by atoms with E-state index in [0.29, 0.717) is 0 Å². The highest BCUT2D eigenvalue weighted by molar-refractivity contribution is 5.60. The highest BCUT2D eigenvalue weighted by Crippen LogP contribution is 2.33. The second-order valence-corrected chi connectivity index (χ2v) is 27.0. The third-order valence-electron chi connectivity index (χ3n) is 13.5. The predicted octanol–water partition coefficient (Wildman–Crippen LogP) is 10.4. The predicted molar refractivity (Wildman–Crippen MR) is 325 cm³/mol. The number of fused-ring (bicyclic) bond motifs is 6. The van der Waals surface area contributed by atoms with Crippen molar-refractivity contribution in [2.45, 2.75) is 199 Å². The van der Waals surface area contributed by atoms with E-state index in [4.69, 9.17) is 0 Å². The molecule has 12 heterocycles. The van der Waals surface area contributed by atoms with E-state index < -0.39 is 0 Å². The van der Waals surface area contributed by atoms with E-state index in [1.165, 1.54) is 39.7 Å². The first-order valence-corrected chi connectivity index (χ1v) is 28.0. The van der Waals surface area contributed by atoms with Gasteiger partial charge in [-0.1, -0.05) is 125 Å². The fourth-order valence-electron chi connectivity index (χ4n) is 10.9. The minimum Gasteiger partial charge on any atom is -0.241 e. The van der Waals surface area contributed by atoms with Crippen molar-refractivity contribution in [3.8, 4) is 0 Å². The minimum atomic E-state index is 0.0574. The van der Waals surface area contributed by atoms with Crippen LogP contribution in [0.5, 0.6) is 0 Å². The average molecular weight is 1140 g/mol. The van der Waals surface area contributed by atoms with Gasteiger partial charge in [-0.15, -0.1) is 34.3 Å². The standard InChI is InChI=1S/6C10H14N4/c1-7-8(10(2,3)4)9-12-5-11-6-14(9)13-7;1-7-9(10(2,3)4)8-5-11-12-6-14(8)13-7;1-7-9(10(2,3)4)8-5-11-6-12-14(8)13-7;1-7-8(10(2,3)4)9-12-11-5-6-14(9)13-7;1-7-8(10(2,3)4)9-11-5-6-12-14(9)13-7;1-7-9(10(2,3)4)8-5-6-11-13-14(8)12-7/h6*5-6H,1-4H3. The quantitative estimate of drug-likeness (QED) is 0.137. The zero-order chi connectivity index (χ0) is 62.1. The van der Waals surface area contributed by atoms with E-state index >= 15 is 0 Å². The number of hydrogen-bond donors (Lipinski definition) is 0. The summed E-state index contributed by atoms with van der Waals surface area (Å²) in [6.07, 6.45) is 18.5. The summed E-state index contributed by atoms with van der Waals surface area (Å²) in [6.45, 7) is 51.1. The monoisotopic (exact) mass is 1140 g/mol. The lowest BCUT2D eigenvalue weighted by molar-refractivity contribution is 0.589. The number of hydrogen-bond acceptors (Lipinski definition) is 18. The molecule has 0 unspecified atom stereocenters. The fourth-order valence-corrected chi connectivity index (χ4v) is 10.9. The molecule has 12 rings (SSSR count). The van der Waals surface area contributed by atoms with Crippen molar-refractivity contribution in [1.82, 2.24) is 119 Å². The summed E-state index contributed by atoms with van der Waals surface area (Å²) in [5, 5.41) is 57.8. The molecular weight excluding hydrogens is 1060 g/mol. The van der Waals surface area contributed by atoms with Crippen LogP contribution in [0.2, 0.25) is 0 Å². The molecule has 0 fully saturated rings. The van der Waals surface area contributed by atoms with Crippen LogP contribution >= 0.6 is 0 Å². The molecule has 0 aromatic carbocycles. The molecular formula is C60H84N24. The van der Waals surface area contributed by atoms with Crippen molar-refractivity contribution in [1.29, 1.82) is 0 Å². The third kappa shape index (κ3) is 14.0. The van der Waals surface area contributed by atoms with Crippen LogP contribution in [-0.4, -0.2) is 119 Å². The molecule has 24 heteroatoms. The van der Waals surface area contributed by atoms with E-state index in [-0.39, 0.29) is 32.5 Å². The summed E-state index contributed by atoms with van der Waals surface area (Å²) in [4.78, 5) is 16.5. The molecule has 0 N–H and O–H groups in total. The van der Waals surface area contributed by atoms with Gasteiger partial charge in [0.2, 0.25) is 0 Å². The van der Waals surface area contributed by atoms with Gasteiger partial charge in [-0.3, -0.25) is 0 Å². The van der Waals surface area contributed by atoms with Gasteiger partial charge in [-0.05, 0) is 85.3 Å². The van der Waals surface area contributed by atoms with Gasteiger partial charge in [-0.25, -0.2) is 33.5 Å². The molecule has 12 aromatic heterocycles. The van der Waals surface area contributed by atoms with Crippen LogP contribution in [0.3, 0.4) is 0 Å². The van der Waals surface area contributed by atoms with Crippen LogP contribution in [0, 0.1) is 41.5 Å². The first kappa shape index (κ1) is 62.9. The summed E-state index contributed by atoms with van der Waals surface area (Å²) in [6, 6.07) is 1.95. The molecule has 0 saturated heterocycles. The number of nitrogens with zero attached hydrogens (tertiary/aromatic N) is 24. The molecule has 444 valence electrons. The third-order valence-corrected chi connectivity index (χ3v) is 13.5. The first-order valence-electron chi connectivity index (χ1n) is 28.0. The van der Waals surface area contributed by atoms with Crippen LogP contribution < -0.4 is 0 Å². The maximum Gasteiger partial charge on any atom is 0.181 e. The molecule has 0 aliphatic carbocycles. The minimum absolute atomic E-state index is 0.0574. The Morgan fingerprint density at radius 3 is 1.45 bits per heavy atom. The molecule has 12 aromatic rings. The highest BCUT2D eigenvalue weighted by Gasteiger charge is 2.28. The van der Waals surface area contributed by atoms with Crippen LogP contribution in [0.15, 0.2) is 74.8 Å². The molecule has 24 nitrogen and oxygen atoms in total. The smallest absolute Gasteiger partial charge is 0.181 e. The lowest BCUT2D eigenvalue weighted by Crippen LogP contribution is -2.12. The Morgan fingerprint density at radius 1 is 0.333 bits per heavy atom. The maximum atomic E-state index is 4.39. The molecule has 0 amide bonds. The Hall–Kier alpha value is -8.70. The number of aryl methyl sites for hydroxylation is 6. The number of aromatic nitrogens is 24. The zero-order valence-electron chi connectivity index (χ0n) is 53.7. The van der Waals surface area contributed by atoms with Crippen LogP contribution in [-0.2, 0) is 32.5 Å². The van der Waals surface area contributed by atoms with Gasteiger partial charge in [0.1, 0.15) is 30.8 Å². The molecule has 0 aliphatic heterocycles. The molecule has 0 radical (unpaired) electrons. The van der Waals surface area contributed by atoms with Crippen molar-refractivity contribution in [3.63, 3.8) is 0 Å². The largest absolute Gasteiger partial charge is 0.241 e. The summed E-state index contributed by atoms with van der Waals surface area (Å²) >= 11 is 0. The Kier molecular flexibility index (Phi) is 17.9. The molecule has 84 heavy (non-hydrogen) atoms. The molecule has 0 atom stereocenters. The van der Waals surface area contributed by atoms with Gasteiger partial charge in [0.15, 0.2) is 16.9 Å². The van der Waals surface area contributed by atoms with Crippen molar-refractivity contribution in [2.75, 3.05) is 0 Å². The second-order valence-electron chi connectivity index (χ2n) is 27.0. The molecule has 0 spiro atoms. The topological polar surface area (TPSA) is 258 Å². The molecule has 0 bridgehead atoms. The van der Waals surface area contributed by atoms with E-state index in [1.54, 1.807) is 77.4 Å². The SMILES string of the molecule is Cc1nn2ccnnc2c1C(C)(C)C.Cc1nn2cncnc2c1C(C)(C)C.Cc1nn2cnncc2c1C(C)(C)C.Cc1nn2nccnc2c1C(C)(C)C.Cc1nn2ncncc2c1C(C)(C)C.Cc1nn2nnccc2c1C(C)(C)C. The average Bonchev–Trinajstić information content (AvgIpc) is 2.60. The zero-order valence-corrected chi connectivity index (χ0v) is 53.7. The molecule has 0 saturated carbocycles. The van der Waals surface area contributed by atoms with E-state index in [9.17, 15) is 0 Å². The fraction of sp³-hybridized carbons (Fsp3) is 0.500. The first-order chi connectivity index (χ1) is 39.0. The van der Waals surface area contributed by atoms with Crippen molar-refractivity contribution >= 4 is 33.5 Å². The van der Waals surface area contributed by atoms with Gasteiger partial charge in [0, 0.05) is 39.6 Å². The van der Waals surface area contributed by atoms with Gasteiger partial charge in [-0.2, -0.15) is 45.9 Å². The lowest BCUT2D eigenvalue weighted by Gasteiger charge is -2.17. The Morgan fingerprint density at radius 2 is 0.833 bits per heavy atom. The van der Waals surface area contributed by atoms with Crippen LogP contribution in [0.1, 0.15) is 192 Å². The molecule has 0 aliphatic rings. The van der Waals surface area contributed by atoms with E-state index in [0.717, 1.165) is 67.7 Å². The van der Waals surface area contributed by atoms with Gasteiger partial charge in [0.25, 0.3) is 0 Å². The van der Waals surface area contributed by atoms with Gasteiger partial charge in [0.05, 0.1) is 82.4 Å².